The van der Waals surface area contributed by atoms with Crippen molar-refractivity contribution in [1.29, 1.82) is 0 Å². The molecule has 7 nitrogen and oxygen atoms in total. The number of benzene rings is 1. The van der Waals surface area contributed by atoms with Crippen molar-refractivity contribution in [3.8, 4) is 0 Å². The maximum Gasteiger partial charge on any atom is 0.269 e. The standard InChI is InChI=1S/C13H13N3O4S/c1-9-7-11(16(17)18)3-4-13(9)21(19,20)15-12-5-6-14-8-10(12)2/h3-8H,1-2H3,(H,14,15). The second-order valence-corrected chi connectivity index (χ2v) is 6.15. The van der Waals surface area contributed by atoms with Crippen molar-refractivity contribution in [2.24, 2.45) is 0 Å². The molecule has 0 radical (unpaired) electrons. The van der Waals surface area contributed by atoms with Crippen LogP contribution in [-0.2, 0) is 10.0 Å². The first-order valence-corrected chi connectivity index (χ1v) is 7.48. The average molecular weight is 307 g/mol. The molecule has 0 bridgehead atoms. The Morgan fingerprint density at radius 2 is 1.90 bits per heavy atom. The highest BCUT2D eigenvalue weighted by atomic mass is 32.2. The average Bonchev–Trinajstić information content (AvgIpc) is 2.40. The third kappa shape index (κ3) is 3.16. The molecule has 0 spiro atoms. The fraction of sp³-hybridized carbons (Fsp3) is 0.154. The topological polar surface area (TPSA) is 102 Å². The van der Waals surface area contributed by atoms with Crippen LogP contribution in [0.5, 0.6) is 0 Å². The second kappa shape index (κ2) is 5.49. The van der Waals surface area contributed by atoms with E-state index < -0.39 is 14.9 Å². The molecule has 1 heterocycles. The second-order valence-electron chi connectivity index (χ2n) is 4.50. The normalized spacial score (nSPS) is 11.1. The molecule has 110 valence electrons. The van der Waals surface area contributed by atoms with Gasteiger partial charge in [0.25, 0.3) is 15.7 Å². The van der Waals surface area contributed by atoms with E-state index in [0.29, 0.717) is 16.8 Å². The summed E-state index contributed by atoms with van der Waals surface area (Å²) in [6.07, 6.45) is 3.02. The molecule has 0 fully saturated rings. The lowest BCUT2D eigenvalue weighted by Crippen LogP contribution is -2.15. The number of pyridine rings is 1. The Morgan fingerprint density at radius 1 is 1.19 bits per heavy atom. The smallest absolute Gasteiger partial charge is 0.269 e. The summed E-state index contributed by atoms with van der Waals surface area (Å²) in [5, 5.41) is 10.7. The number of aromatic nitrogens is 1. The van der Waals surface area contributed by atoms with Gasteiger partial charge in [0.1, 0.15) is 0 Å². The summed E-state index contributed by atoms with van der Waals surface area (Å²) >= 11 is 0. The van der Waals surface area contributed by atoms with Gasteiger partial charge in [-0.3, -0.25) is 19.8 Å². The maximum absolute atomic E-state index is 12.4. The number of nitrogens with zero attached hydrogens (tertiary/aromatic N) is 2. The molecule has 0 amide bonds. The predicted octanol–water partition coefficient (Wildman–Crippen LogP) is 2.41. The van der Waals surface area contributed by atoms with Gasteiger partial charge in [0.15, 0.2) is 0 Å². The third-order valence-corrected chi connectivity index (χ3v) is 4.45. The Labute approximate surface area is 121 Å². The van der Waals surface area contributed by atoms with E-state index in [4.69, 9.17) is 0 Å². The molecule has 2 rings (SSSR count). The van der Waals surface area contributed by atoms with Crippen molar-refractivity contribution in [2.75, 3.05) is 4.72 Å². The van der Waals surface area contributed by atoms with Crippen molar-refractivity contribution in [1.82, 2.24) is 4.98 Å². The zero-order valence-corrected chi connectivity index (χ0v) is 12.2. The van der Waals surface area contributed by atoms with Gasteiger partial charge in [-0.2, -0.15) is 0 Å². The summed E-state index contributed by atoms with van der Waals surface area (Å²) in [7, 11) is -3.81. The molecule has 1 aromatic carbocycles. The number of hydrogen-bond acceptors (Lipinski definition) is 5. The summed E-state index contributed by atoms with van der Waals surface area (Å²) in [6, 6.07) is 5.18. The summed E-state index contributed by atoms with van der Waals surface area (Å²) < 4.78 is 27.2. The molecule has 2 aromatic rings. The van der Waals surface area contributed by atoms with Gasteiger partial charge in [-0.25, -0.2) is 8.42 Å². The fourth-order valence-electron chi connectivity index (χ4n) is 1.84. The van der Waals surface area contributed by atoms with Crippen molar-refractivity contribution >= 4 is 21.4 Å². The van der Waals surface area contributed by atoms with Crippen LogP contribution in [0.1, 0.15) is 11.1 Å². The van der Waals surface area contributed by atoms with E-state index in [-0.39, 0.29) is 10.6 Å². The van der Waals surface area contributed by atoms with E-state index in [0.717, 1.165) is 0 Å². The van der Waals surface area contributed by atoms with E-state index in [2.05, 4.69) is 9.71 Å². The predicted molar refractivity (Wildman–Crippen MR) is 77.6 cm³/mol. The molecule has 0 saturated heterocycles. The van der Waals surface area contributed by atoms with Crippen molar-refractivity contribution in [2.45, 2.75) is 18.7 Å². The Balaban J connectivity index is 2.41. The number of anilines is 1. The number of nitrogens with one attached hydrogen (secondary N) is 1. The number of hydrogen-bond donors (Lipinski definition) is 1. The molecular weight excluding hydrogens is 294 g/mol. The van der Waals surface area contributed by atoms with Gasteiger partial charge in [0.2, 0.25) is 0 Å². The first-order chi connectivity index (χ1) is 9.81. The minimum atomic E-state index is -3.81. The SMILES string of the molecule is Cc1cnccc1NS(=O)(=O)c1ccc([N+](=O)[O-])cc1C. The number of rotatable bonds is 4. The van der Waals surface area contributed by atoms with Gasteiger partial charge in [-0.05, 0) is 37.1 Å². The number of nitro benzene ring substituents is 1. The van der Waals surface area contributed by atoms with Crippen LogP contribution >= 0.6 is 0 Å². The van der Waals surface area contributed by atoms with Crippen LogP contribution < -0.4 is 4.72 Å². The van der Waals surface area contributed by atoms with Crippen LogP contribution in [0.25, 0.3) is 0 Å². The lowest BCUT2D eigenvalue weighted by molar-refractivity contribution is -0.385. The molecule has 0 aliphatic rings. The van der Waals surface area contributed by atoms with Gasteiger partial charge in [0, 0.05) is 24.5 Å². The van der Waals surface area contributed by atoms with Crippen molar-refractivity contribution in [3.63, 3.8) is 0 Å². The molecule has 0 aliphatic carbocycles. The number of nitro groups is 1. The molecule has 1 aromatic heterocycles. The fourth-order valence-corrected chi connectivity index (χ4v) is 3.19. The van der Waals surface area contributed by atoms with Gasteiger partial charge in [-0.1, -0.05) is 0 Å². The Kier molecular flexibility index (Phi) is 3.90. The van der Waals surface area contributed by atoms with Crippen LogP contribution in [0.4, 0.5) is 11.4 Å². The minimum Gasteiger partial charge on any atom is -0.279 e. The number of sulfonamides is 1. The lowest BCUT2D eigenvalue weighted by atomic mass is 10.2. The monoisotopic (exact) mass is 307 g/mol. The summed E-state index contributed by atoms with van der Waals surface area (Å²) in [6.45, 7) is 3.24. The Hall–Kier alpha value is -2.48. The van der Waals surface area contributed by atoms with E-state index in [1.165, 1.54) is 31.3 Å². The van der Waals surface area contributed by atoms with Gasteiger partial charge in [-0.15, -0.1) is 0 Å². The molecule has 1 N–H and O–H groups in total. The maximum atomic E-state index is 12.4. The third-order valence-electron chi connectivity index (χ3n) is 2.92. The Bertz CT molecular complexity index is 803. The van der Waals surface area contributed by atoms with E-state index in [1.54, 1.807) is 19.2 Å². The summed E-state index contributed by atoms with van der Waals surface area (Å²) in [5.74, 6) is 0. The van der Waals surface area contributed by atoms with Gasteiger partial charge in [0.05, 0.1) is 15.5 Å². The molecule has 0 unspecified atom stereocenters. The van der Waals surface area contributed by atoms with Crippen LogP contribution in [0.3, 0.4) is 0 Å². The minimum absolute atomic E-state index is 0.00399. The largest absolute Gasteiger partial charge is 0.279 e. The van der Waals surface area contributed by atoms with Gasteiger partial charge >= 0.3 is 0 Å². The highest BCUT2D eigenvalue weighted by Gasteiger charge is 2.20. The molecular formula is C13H13N3O4S. The molecule has 0 saturated carbocycles. The number of aryl methyl sites for hydroxylation is 2. The van der Waals surface area contributed by atoms with Crippen LogP contribution in [0.15, 0.2) is 41.6 Å². The van der Waals surface area contributed by atoms with Crippen LogP contribution in [0, 0.1) is 24.0 Å². The molecule has 21 heavy (non-hydrogen) atoms. The van der Waals surface area contributed by atoms with Crippen LogP contribution in [0.2, 0.25) is 0 Å². The highest BCUT2D eigenvalue weighted by Crippen LogP contribution is 2.24. The quantitative estimate of drug-likeness (QED) is 0.690. The lowest BCUT2D eigenvalue weighted by Gasteiger charge is -2.11. The van der Waals surface area contributed by atoms with Crippen molar-refractivity contribution < 1.29 is 13.3 Å². The van der Waals surface area contributed by atoms with Crippen LogP contribution in [-0.4, -0.2) is 18.3 Å². The molecule has 0 atom stereocenters. The molecule has 0 aliphatic heterocycles. The Morgan fingerprint density at radius 3 is 2.48 bits per heavy atom. The van der Waals surface area contributed by atoms with Crippen molar-refractivity contribution in [3.05, 3.63) is 57.9 Å². The van der Waals surface area contributed by atoms with Gasteiger partial charge < -0.3 is 0 Å². The van der Waals surface area contributed by atoms with E-state index >= 15 is 0 Å². The van der Waals surface area contributed by atoms with E-state index in [1.807, 2.05) is 0 Å². The zero-order valence-electron chi connectivity index (χ0n) is 11.4. The van der Waals surface area contributed by atoms with E-state index in [9.17, 15) is 18.5 Å². The molecule has 8 heteroatoms. The first kappa shape index (κ1) is 14.9. The zero-order chi connectivity index (χ0) is 15.6. The summed E-state index contributed by atoms with van der Waals surface area (Å²) in [4.78, 5) is 14.0. The highest BCUT2D eigenvalue weighted by molar-refractivity contribution is 7.92. The first-order valence-electron chi connectivity index (χ1n) is 6.00. The summed E-state index contributed by atoms with van der Waals surface area (Å²) in [5.41, 5.74) is 1.26. The number of non-ortho nitro benzene ring substituents is 1.